The third-order valence-electron chi connectivity index (χ3n) is 3.41. The minimum Gasteiger partial charge on any atom is -0.479 e. The number of nitrogens with one attached hydrogen (secondary N) is 1. The second kappa shape index (κ2) is 7.19. The van der Waals surface area contributed by atoms with E-state index in [0.29, 0.717) is 13.2 Å². The SMILES string of the molecule is CCc1cccc(NC(=O)CN2CCOC(C(=O)O)C2)c1. The first-order chi connectivity index (χ1) is 10.1. The van der Waals surface area contributed by atoms with Crippen molar-refractivity contribution in [1.82, 2.24) is 4.90 Å². The van der Waals surface area contributed by atoms with Gasteiger partial charge in [0.15, 0.2) is 6.10 Å². The maximum Gasteiger partial charge on any atom is 0.334 e. The van der Waals surface area contributed by atoms with Crippen LogP contribution in [0.25, 0.3) is 0 Å². The summed E-state index contributed by atoms with van der Waals surface area (Å²) in [5, 5.41) is 11.8. The maximum absolute atomic E-state index is 12.0. The Bertz CT molecular complexity index is 518. The first-order valence-electron chi connectivity index (χ1n) is 7.04. The van der Waals surface area contributed by atoms with Gasteiger partial charge in [-0.15, -0.1) is 0 Å². The van der Waals surface area contributed by atoms with Crippen LogP contribution in [-0.4, -0.2) is 54.2 Å². The molecule has 21 heavy (non-hydrogen) atoms. The lowest BCUT2D eigenvalue weighted by atomic mass is 10.1. The monoisotopic (exact) mass is 292 g/mol. The molecule has 0 spiro atoms. The van der Waals surface area contributed by atoms with Crippen LogP contribution in [0.5, 0.6) is 0 Å². The van der Waals surface area contributed by atoms with E-state index in [1.807, 2.05) is 24.3 Å². The number of anilines is 1. The van der Waals surface area contributed by atoms with Gasteiger partial charge in [0.2, 0.25) is 5.91 Å². The number of aliphatic carboxylic acids is 1. The molecular weight excluding hydrogens is 272 g/mol. The molecule has 1 atom stereocenters. The fourth-order valence-electron chi connectivity index (χ4n) is 2.27. The van der Waals surface area contributed by atoms with Crippen LogP contribution in [0.15, 0.2) is 24.3 Å². The predicted octanol–water partition coefficient (Wildman–Crippen LogP) is 0.973. The van der Waals surface area contributed by atoms with E-state index in [1.54, 1.807) is 4.90 Å². The van der Waals surface area contributed by atoms with E-state index in [2.05, 4.69) is 12.2 Å². The summed E-state index contributed by atoms with van der Waals surface area (Å²) >= 11 is 0. The lowest BCUT2D eigenvalue weighted by molar-refractivity contribution is -0.156. The third kappa shape index (κ3) is 4.54. The second-order valence-electron chi connectivity index (χ2n) is 5.03. The largest absolute Gasteiger partial charge is 0.479 e. The van der Waals surface area contributed by atoms with Crippen LogP contribution in [0, 0.1) is 0 Å². The lowest BCUT2D eigenvalue weighted by Crippen LogP contribution is -2.48. The molecule has 6 heteroatoms. The Kier molecular flexibility index (Phi) is 5.30. The summed E-state index contributed by atoms with van der Waals surface area (Å²) in [5.74, 6) is -1.13. The van der Waals surface area contributed by atoms with Crippen molar-refractivity contribution in [3.63, 3.8) is 0 Å². The van der Waals surface area contributed by atoms with Gasteiger partial charge >= 0.3 is 5.97 Å². The molecule has 0 aliphatic carbocycles. The molecule has 1 fully saturated rings. The van der Waals surface area contributed by atoms with Crippen LogP contribution in [0.4, 0.5) is 5.69 Å². The maximum atomic E-state index is 12.0. The number of hydrogen-bond acceptors (Lipinski definition) is 4. The zero-order valence-corrected chi connectivity index (χ0v) is 12.0. The van der Waals surface area contributed by atoms with E-state index in [0.717, 1.165) is 17.7 Å². The quantitative estimate of drug-likeness (QED) is 0.845. The van der Waals surface area contributed by atoms with E-state index in [9.17, 15) is 9.59 Å². The summed E-state index contributed by atoms with van der Waals surface area (Å²) in [6, 6.07) is 7.70. The molecule has 2 N–H and O–H groups in total. The number of nitrogens with zero attached hydrogens (tertiary/aromatic N) is 1. The van der Waals surface area contributed by atoms with Gasteiger partial charge in [0, 0.05) is 18.8 Å². The first kappa shape index (κ1) is 15.5. The number of morpholine rings is 1. The van der Waals surface area contributed by atoms with Crippen LogP contribution in [0.2, 0.25) is 0 Å². The highest BCUT2D eigenvalue weighted by molar-refractivity contribution is 5.92. The zero-order chi connectivity index (χ0) is 15.2. The number of carboxylic acids is 1. The van der Waals surface area contributed by atoms with Crippen molar-refractivity contribution >= 4 is 17.6 Å². The molecule has 0 bridgehead atoms. The third-order valence-corrected chi connectivity index (χ3v) is 3.41. The molecule has 1 aromatic rings. The molecule has 1 aliphatic heterocycles. The topological polar surface area (TPSA) is 78.9 Å². The molecule has 0 saturated carbocycles. The molecule has 2 rings (SSSR count). The summed E-state index contributed by atoms with van der Waals surface area (Å²) in [6.45, 7) is 3.35. The van der Waals surface area contributed by atoms with Crippen LogP contribution >= 0.6 is 0 Å². The summed E-state index contributed by atoms with van der Waals surface area (Å²) in [5.41, 5.74) is 1.92. The van der Waals surface area contributed by atoms with Gasteiger partial charge in [-0.1, -0.05) is 19.1 Å². The second-order valence-corrected chi connectivity index (χ2v) is 5.03. The minimum absolute atomic E-state index is 0.144. The molecule has 114 valence electrons. The molecular formula is C15H20N2O4. The average molecular weight is 292 g/mol. The average Bonchev–Trinajstić information content (AvgIpc) is 2.47. The Hall–Kier alpha value is -1.92. The van der Waals surface area contributed by atoms with Gasteiger partial charge in [-0.2, -0.15) is 0 Å². The van der Waals surface area contributed by atoms with Gasteiger partial charge in [-0.25, -0.2) is 4.79 Å². The van der Waals surface area contributed by atoms with Crippen molar-refractivity contribution in [1.29, 1.82) is 0 Å². The molecule has 1 aromatic carbocycles. The number of amides is 1. The van der Waals surface area contributed by atoms with Crippen LogP contribution < -0.4 is 5.32 Å². The summed E-state index contributed by atoms with van der Waals surface area (Å²) in [6.07, 6.45) is 0.0583. The fourth-order valence-corrected chi connectivity index (χ4v) is 2.27. The van der Waals surface area contributed by atoms with E-state index in [4.69, 9.17) is 9.84 Å². The molecule has 1 aliphatic rings. The van der Waals surface area contributed by atoms with Gasteiger partial charge in [-0.3, -0.25) is 9.69 Å². The summed E-state index contributed by atoms with van der Waals surface area (Å²) in [4.78, 5) is 24.7. The molecule has 0 aromatic heterocycles. The Morgan fingerprint density at radius 3 is 3.00 bits per heavy atom. The highest BCUT2D eigenvalue weighted by atomic mass is 16.5. The fraction of sp³-hybridized carbons (Fsp3) is 0.467. The highest BCUT2D eigenvalue weighted by Crippen LogP contribution is 2.11. The molecule has 6 nitrogen and oxygen atoms in total. The number of aryl methyl sites for hydroxylation is 1. The van der Waals surface area contributed by atoms with Crippen molar-refractivity contribution in [3.8, 4) is 0 Å². The van der Waals surface area contributed by atoms with Crippen molar-refractivity contribution in [2.75, 3.05) is 31.6 Å². The van der Waals surface area contributed by atoms with Crippen molar-refractivity contribution in [2.24, 2.45) is 0 Å². The van der Waals surface area contributed by atoms with Gasteiger partial charge in [0.25, 0.3) is 0 Å². The van der Waals surface area contributed by atoms with Crippen molar-refractivity contribution in [2.45, 2.75) is 19.4 Å². The van der Waals surface area contributed by atoms with E-state index in [1.165, 1.54) is 0 Å². The summed E-state index contributed by atoms with van der Waals surface area (Å²) in [7, 11) is 0. The molecule has 1 amide bonds. The standard InChI is InChI=1S/C15H20N2O4/c1-2-11-4-3-5-12(8-11)16-14(18)10-17-6-7-21-13(9-17)15(19)20/h3-5,8,13H,2,6-7,9-10H2,1H3,(H,16,18)(H,19,20). The number of carbonyl (C=O) groups excluding carboxylic acids is 1. The van der Waals surface area contributed by atoms with E-state index in [-0.39, 0.29) is 19.0 Å². The molecule has 1 heterocycles. The van der Waals surface area contributed by atoms with Gasteiger partial charge in [-0.05, 0) is 24.1 Å². The summed E-state index contributed by atoms with van der Waals surface area (Å²) < 4.78 is 5.13. The Balaban J connectivity index is 1.87. The van der Waals surface area contributed by atoms with Gasteiger partial charge in [0.05, 0.1) is 13.2 Å². The number of benzene rings is 1. The Labute approximate surface area is 123 Å². The molecule has 1 unspecified atom stereocenters. The van der Waals surface area contributed by atoms with Crippen LogP contribution in [-0.2, 0) is 20.7 Å². The predicted molar refractivity (Wildman–Crippen MR) is 78.3 cm³/mol. The lowest BCUT2D eigenvalue weighted by Gasteiger charge is -2.30. The normalized spacial score (nSPS) is 19.2. The van der Waals surface area contributed by atoms with Gasteiger partial charge < -0.3 is 15.2 Å². The van der Waals surface area contributed by atoms with Crippen LogP contribution in [0.3, 0.4) is 0 Å². The number of carboxylic acid groups (broad SMARTS) is 1. The van der Waals surface area contributed by atoms with Crippen molar-refractivity contribution < 1.29 is 19.4 Å². The number of carbonyl (C=O) groups is 2. The van der Waals surface area contributed by atoms with E-state index < -0.39 is 12.1 Å². The van der Waals surface area contributed by atoms with Crippen LogP contribution in [0.1, 0.15) is 12.5 Å². The Morgan fingerprint density at radius 2 is 2.29 bits per heavy atom. The van der Waals surface area contributed by atoms with Crippen molar-refractivity contribution in [3.05, 3.63) is 29.8 Å². The first-order valence-corrected chi connectivity index (χ1v) is 7.04. The highest BCUT2D eigenvalue weighted by Gasteiger charge is 2.27. The van der Waals surface area contributed by atoms with E-state index >= 15 is 0 Å². The molecule has 1 saturated heterocycles. The number of rotatable bonds is 5. The zero-order valence-electron chi connectivity index (χ0n) is 12.0. The minimum atomic E-state index is -0.990. The van der Waals surface area contributed by atoms with Gasteiger partial charge in [0.1, 0.15) is 0 Å². The molecule has 0 radical (unpaired) electrons. The number of ether oxygens (including phenoxy) is 1. The Morgan fingerprint density at radius 1 is 1.48 bits per heavy atom. The number of hydrogen-bond donors (Lipinski definition) is 2. The smallest absolute Gasteiger partial charge is 0.334 e.